The lowest BCUT2D eigenvalue weighted by Crippen LogP contribution is -2.41. The van der Waals surface area contributed by atoms with E-state index in [0.29, 0.717) is 6.54 Å². The van der Waals surface area contributed by atoms with Crippen LogP contribution in [-0.2, 0) is 18.8 Å². The van der Waals surface area contributed by atoms with Gasteiger partial charge in [-0.2, -0.15) is 0 Å². The number of anilines is 1. The first-order valence-electron chi connectivity index (χ1n) is 9.29. The summed E-state index contributed by atoms with van der Waals surface area (Å²) in [7, 11) is 1.04. The molecule has 2 aliphatic heterocycles. The third-order valence-electron chi connectivity index (χ3n) is 5.92. The van der Waals surface area contributed by atoms with Gasteiger partial charge in [0.2, 0.25) is 0 Å². The second-order valence-electron chi connectivity index (χ2n) is 8.30. The van der Waals surface area contributed by atoms with Crippen molar-refractivity contribution in [2.45, 2.75) is 58.7 Å². The van der Waals surface area contributed by atoms with E-state index >= 15 is 0 Å². The number of pyridine rings is 1. The highest BCUT2D eigenvalue weighted by Crippen LogP contribution is 2.36. The number of carbonyl (C=O) groups excluding carboxylic acids is 1. The van der Waals surface area contributed by atoms with Crippen molar-refractivity contribution in [3.05, 3.63) is 17.8 Å². The highest BCUT2D eigenvalue weighted by Gasteiger charge is 2.52. The number of esters is 1. The maximum Gasteiger partial charge on any atom is 0.496 e. The van der Waals surface area contributed by atoms with Gasteiger partial charge in [0.15, 0.2) is 0 Å². The average Bonchev–Trinajstić information content (AvgIpc) is 2.81. The maximum atomic E-state index is 11.9. The van der Waals surface area contributed by atoms with Crippen LogP contribution in [0.3, 0.4) is 0 Å². The number of nitrogens with zero attached hydrogens (tertiary/aromatic N) is 2. The van der Waals surface area contributed by atoms with Crippen LogP contribution in [0.5, 0.6) is 0 Å². The molecule has 26 heavy (non-hydrogen) atoms. The Balaban J connectivity index is 1.77. The van der Waals surface area contributed by atoms with E-state index in [4.69, 9.17) is 14.0 Å². The van der Waals surface area contributed by atoms with Gasteiger partial charge in [-0.15, -0.1) is 0 Å². The second-order valence-corrected chi connectivity index (χ2v) is 8.30. The molecule has 0 spiro atoms. The van der Waals surface area contributed by atoms with Gasteiger partial charge in [-0.3, -0.25) is 4.79 Å². The van der Waals surface area contributed by atoms with Crippen LogP contribution in [0, 0.1) is 12.8 Å². The molecular weight excluding hydrogens is 331 g/mol. The lowest BCUT2D eigenvalue weighted by molar-refractivity contribution is -0.145. The molecule has 2 fully saturated rings. The predicted octanol–water partition coefficient (Wildman–Crippen LogP) is 2.08. The minimum absolute atomic E-state index is 0.0846. The van der Waals surface area contributed by atoms with Crippen LogP contribution in [0.25, 0.3) is 0 Å². The van der Waals surface area contributed by atoms with Crippen molar-refractivity contribution in [2.75, 3.05) is 25.1 Å². The first kappa shape index (κ1) is 19.2. The molecule has 2 saturated heterocycles. The van der Waals surface area contributed by atoms with Gasteiger partial charge in [-0.05, 0) is 59.1 Å². The fraction of sp³-hybridized carbons (Fsp3) is 0.684. The third kappa shape index (κ3) is 3.47. The van der Waals surface area contributed by atoms with E-state index in [2.05, 4.69) is 16.0 Å². The van der Waals surface area contributed by atoms with Crippen molar-refractivity contribution < 1.29 is 18.8 Å². The molecule has 0 bridgehead atoms. The monoisotopic (exact) mass is 360 g/mol. The summed E-state index contributed by atoms with van der Waals surface area (Å²) in [5.74, 6) is 0.662. The molecule has 0 amide bonds. The molecule has 3 rings (SSSR count). The van der Waals surface area contributed by atoms with Crippen LogP contribution >= 0.6 is 0 Å². The molecule has 7 heteroatoms. The molecule has 2 aliphatic rings. The van der Waals surface area contributed by atoms with Crippen molar-refractivity contribution in [3.63, 3.8) is 0 Å². The Labute approximate surface area is 156 Å². The summed E-state index contributed by atoms with van der Waals surface area (Å²) in [6.45, 7) is 11.8. The molecule has 0 saturated carbocycles. The summed E-state index contributed by atoms with van der Waals surface area (Å²) < 4.78 is 17.2. The normalized spacial score (nSPS) is 24.6. The van der Waals surface area contributed by atoms with Crippen molar-refractivity contribution in [2.24, 2.45) is 5.92 Å². The van der Waals surface area contributed by atoms with Crippen molar-refractivity contribution in [1.29, 1.82) is 0 Å². The highest BCUT2D eigenvalue weighted by molar-refractivity contribution is 6.62. The Morgan fingerprint density at radius 2 is 1.96 bits per heavy atom. The standard InChI is InChI=1S/C19H29BN2O4/c1-13-10-16(22-9-7-8-14(12-22)17(23)24-6)21-11-15(13)20-25-18(2,3)19(4,5)26-20/h10-11,14H,7-9,12H2,1-6H3/t14-/m0/s1. The number of rotatable bonds is 3. The van der Waals surface area contributed by atoms with E-state index in [1.807, 2.05) is 40.8 Å². The van der Waals surface area contributed by atoms with E-state index in [1.165, 1.54) is 7.11 Å². The molecule has 0 aromatic carbocycles. The number of aromatic nitrogens is 1. The highest BCUT2D eigenvalue weighted by atomic mass is 16.7. The lowest BCUT2D eigenvalue weighted by Gasteiger charge is -2.32. The lowest BCUT2D eigenvalue weighted by atomic mass is 9.77. The summed E-state index contributed by atoms with van der Waals surface area (Å²) in [5, 5.41) is 0. The topological polar surface area (TPSA) is 60.9 Å². The van der Waals surface area contributed by atoms with E-state index < -0.39 is 7.12 Å². The predicted molar refractivity (Wildman–Crippen MR) is 102 cm³/mol. The van der Waals surface area contributed by atoms with E-state index in [1.54, 1.807) is 0 Å². The van der Waals surface area contributed by atoms with Gasteiger partial charge < -0.3 is 18.9 Å². The van der Waals surface area contributed by atoms with E-state index in [9.17, 15) is 4.79 Å². The van der Waals surface area contributed by atoms with Crippen molar-refractivity contribution in [3.8, 4) is 0 Å². The maximum absolute atomic E-state index is 11.9. The molecule has 6 nitrogen and oxygen atoms in total. The Bertz CT molecular complexity index is 676. The molecule has 0 radical (unpaired) electrons. The van der Waals surface area contributed by atoms with Crippen LogP contribution in [0.4, 0.5) is 5.82 Å². The minimum atomic E-state index is -0.411. The number of hydrogen-bond donors (Lipinski definition) is 0. The summed E-state index contributed by atoms with van der Waals surface area (Å²) in [5.41, 5.74) is 1.29. The molecule has 3 heterocycles. The zero-order valence-corrected chi connectivity index (χ0v) is 16.7. The van der Waals surface area contributed by atoms with Crippen LogP contribution < -0.4 is 10.4 Å². The van der Waals surface area contributed by atoms with Gasteiger partial charge in [-0.25, -0.2) is 4.98 Å². The molecule has 0 N–H and O–H groups in total. The number of methoxy groups -OCH3 is 1. The number of carbonyl (C=O) groups is 1. The summed E-state index contributed by atoms with van der Waals surface area (Å²) in [6.07, 6.45) is 3.67. The van der Waals surface area contributed by atoms with Gasteiger partial charge in [0.1, 0.15) is 5.82 Å². The zero-order valence-electron chi connectivity index (χ0n) is 16.7. The van der Waals surface area contributed by atoms with Gasteiger partial charge >= 0.3 is 13.1 Å². The molecule has 1 atom stereocenters. The van der Waals surface area contributed by atoms with Gasteiger partial charge in [0.25, 0.3) is 0 Å². The summed E-state index contributed by atoms with van der Waals surface area (Å²) in [4.78, 5) is 18.7. The van der Waals surface area contributed by atoms with Crippen LogP contribution in [0.2, 0.25) is 0 Å². The van der Waals surface area contributed by atoms with Gasteiger partial charge in [-0.1, -0.05) is 0 Å². The van der Waals surface area contributed by atoms with E-state index in [-0.39, 0.29) is 23.1 Å². The van der Waals surface area contributed by atoms with Gasteiger partial charge in [0, 0.05) is 24.7 Å². The Morgan fingerprint density at radius 3 is 2.54 bits per heavy atom. The largest absolute Gasteiger partial charge is 0.496 e. The molecule has 1 aromatic rings. The molecular formula is C19H29BN2O4. The fourth-order valence-electron chi connectivity index (χ4n) is 3.49. The fourth-order valence-corrected chi connectivity index (χ4v) is 3.49. The Hall–Kier alpha value is -1.60. The van der Waals surface area contributed by atoms with Crippen LogP contribution in [0.15, 0.2) is 12.3 Å². The van der Waals surface area contributed by atoms with E-state index in [0.717, 1.165) is 36.2 Å². The SMILES string of the molecule is COC(=O)[C@H]1CCCN(c2cc(C)c(B3OC(C)(C)C(C)(C)O3)cn2)C1. The average molecular weight is 360 g/mol. The number of aryl methyl sites for hydroxylation is 1. The van der Waals surface area contributed by atoms with Crippen LogP contribution in [0.1, 0.15) is 46.1 Å². The van der Waals surface area contributed by atoms with Crippen molar-refractivity contribution >= 4 is 24.4 Å². The van der Waals surface area contributed by atoms with Crippen molar-refractivity contribution in [1.82, 2.24) is 4.98 Å². The van der Waals surface area contributed by atoms with Gasteiger partial charge in [0.05, 0.1) is 24.2 Å². The Kier molecular flexibility index (Phi) is 5.05. The first-order chi connectivity index (χ1) is 12.1. The molecule has 0 aliphatic carbocycles. The Morgan fingerprint density at radius 1 is 1.31 bits per heavy atom. The number of ether oxygens (including phenoxy) is 1. The smallest absolute Gasteiger partial charge is 0.469 e. The summed E-state index contributed by atoms with van der Waals surface area (Å²) >= 11 is 0. The molecule has 142 valence electrons. The number of hydrogen-bond acceptors (Lipinski definition) is 6. The summed E-state index contributed by atoms with van der Waals surface area (Å²) in [6, 6.07) is 2.06. The van der Waals surface area contributed by atoms with Crippen LogP contribution in [-0.4, -0.2) is 49.5 Å². The molecule has 1 aromatic heterocycles. The second kappa shape index (κ2) is 6.85. The minimum Gasteiger partial charge on any atom is -0.469 e. The molecule has 0 unspecified atom stereocenters. The quantitative estimate of drug-likeness (QED) is 0.608. The zero-order chi connectivity index (χ0) is 19.1. The third-order valence-corrected chi connectivity index (χ3v) is 5.92. The first-order valence-corrected chi connectivity index (χ1v) is 9.29. The number of piperidine rings is 1.